The topological polar surface area (TPSA) is 52.1 Å². The van der Waals surface area contributed by atoms with Crippen molar-refractivity contribution >= 4 is 5.96 Å². The van der Waals surface area contributed by atoms with Crippen LogP contribution in [0.25, 0.3) is 0 Å². The number of hydrogen-bond donors (Lipinski definition) is 2. The summed E-state index contributed by atoms with van der Waals surface area (Å²) in [4.78, 5) is 9.73. The van der Waals surface area contributed by atoms with E-state index in [0.717, 1.165) is 45.3 Å². The second kappa shape index (κ2) is 12.7. The van der Waals surface area contributed by atoms with E-state index >= 15 is 0 Å². The van der Waals surface area contributed by atoms with Gasteiger partial charge in [-0.1, -0.05) is 30.3 Å². The lowest BCUT2D eigenvalue weighted by atomic mass is 10.1. The second-order valence-corrected chi connectivity index (χ2v) is 7.11. The summed E-state index contributed by atoms with van der Waals surface area (Å²) in [5.41, 5.74) is 1.36. The number of nitrogens with one attached hydrogen (secondary N) is 2. The lowest BCUT2D eigenvalue weighted by Crippen LogP contribution is -2.42. The van der Waals surface area contributed by atoms with Crippen LogP contribution in [0.3, 0.4) is 0 Å². The largest absolute Gasteiger partial charge is 0.383 e. The third-order valence-corrected chi connectivity index (χ3v) is 5.00. The normalized spacial score (nSPS) is 16.7. The predicted octanol–water partition coefficient (Wildman–Crippen LogP) is 1.96. The third-order valence-electron chi connectivity index (χ3n) is 5.00. The lowest BCUT2D eigenvalue weighted by Gasteiger charge is -2.27. The van der Waals surface area contributed by atoms with Crippen LogP contribution in [0.5, 0.6) is 0 Å². The first-order valence-corrected chi connectivity index (χ1v) is 10.2. The van der Waals surface area contributed by atoms with Crippen LogP contribution in [0.1, 0.15) is 31.4 Å². The smallest absolute Gasteiger partial charge is 0.191 e. The summed E-state index contributed by atoms with van der Waals surface area (Å²) < 4.78 is 5.13. The van der Waals surface area contributed by atoms with E-state index in [1.807, 2.05) is 0 Å². The maximum Gasteiger partial charge on any atom is 0.191 e. The molecule has 2 rings (SSSR count). The van der Waals surface area contributed by atoms with Crippen LogP contribution in [0.2, 0.25) is 0 Å². The van der Waals surface area contributed by atoms with Gasteiger partial charge in [-0.3, -0.25) is 9.89 Å². The monoisotopic (exact) mass is 375 g/mol. The van der Waals surface area contributed by atoms with Gasteiger partial charge in [0, 0.05) is 33.3 Å². The molecule has 0 bridgehead atoms. The van der Waals surface area contributed by atoms with Crippen LogP contribution in [0.15, 0.2) is 35.3 Å². The van der Waals surface area contributed by atoms with Crippen LogP contribution >= 0.6 is 0 Å². The standard InChI is InChI=1S/C21H37N5O/c1-4-22-21(23-12-15-25(2)16-17-27-3)24-18-20(26-13-8-9-14-26)19-10-6-5-7-11-19/h5-7,10-11,20H,4,8-9,12-18H2,1-3H3,(H2,22,23,24). The highest BCUT2D eigenvalue weighted by Gasteiger charge is 2.23. The molecule has 152 valence electrons. The zero-order chi connectivity index (χ0) is 19.3. The molecule has 1 aromatic carbocycles. The Morgan fingerprint density at radius 2 is 1.93 bits per heavy atom. The lowest BCUT2D eigenvalue weighted by molar-refractivity contribution is 0.162. The van der Waals surface area contributed by atoms with Crippen molar-refractivity contribution in [3.05, 3.63) is 35.9 Å². The van der Waals surface area contributed by atoms with Gasteiger partial charge in [0.1, 0.15) is 0 Å². The molecule has 0 aliphatic carbocycles. The summed E-state index contributed by atoms with van der Waals surface area (Å²) in [5, 5.41) is 6.84. The van der Waals surface area contributed by atoms with E-state index in [1.165, 1.54) is 31.5 Å². The molecule has 6 heteroatoms. The minimum Gasteiger partial charge on any atom is -0.383 e. The third kappa shape index (κ3) is 7.87. The van der Waals surface area contributed by atoms with Crippen molar-refractivity contribution in [2.24, 2.45) is 4.99 Å². The molecular formula is C21H37N5O. The molecule has 27 heavy (non-hydrogen) atoms. The van der Waals surface area contributed by atoms with Crippen LogP contribution < -0.4 is 10.6 Å². The molecule has 0 saturated carbocycles. The Labute approximate surface area is 165 Å². The predicted molar refractivity (Wildman–Crippen MR) is 113 cm³/mol. The Morgan fingerprint density at radius 1 is 1.19 bits per heavy atom. The van der Waals surface area contributed by atoms with Gasteiger partial charge in [-0.05, 0) is 45.5 Å². The van der Waals surface area contributed by atoms with Crippen molar-refractivity contribution in [2.45, 2.75) is 25.8 Å². The van der Waals surface area contributed by atoms with Crippen molar-refractivity contribution in [2.75, 3.05) is 66.6 Å². The highest BCUT2D eigenvalue weighted by Crippen LogP contribution is 2.25. The van der Waals surface area contributed by atoms with E-state index in [0.29, 0.717) is 6.04 Å². The fraction of sp³-hybridized carbons (Fsp3) is 0.667. The molecule has 1 heterocycles. The summed E-state index contributed by atoms with van der Waals surface area (Å²) in [7, 11) is 3.86. The summed E-state index contributed by atoms with van der Waals surface area (Å²) in [5.74, 6) is 0.901. The van der Waals surface area contributed by atoms with E-state index in [-0.39, 0.29) is 0 Å². The fourth-order valence-corrected chi connectivity index (χ4v) is 3.40. The maximum atomic E-state index is 5.13. The second-order valence-electron chi connectivity index (χ2n) is 7.11. The number of guanidine groups is 1. The summed E-state index contributed by atoms with van der Waals surface area (Å²) in [6.07, 6.45) is 2.58. The molecular weight excluding hydrogens is 338 g/mol. The molecule has 0 aromatic heterocycles. The molecule has 2 N–H and O–H groups in total. The molecule has 1 unspecified atom stereocenters. The Kier molecular flexibility index (Phi) is 10.2. The first kappa shape index (κ1) is 21.7. The average Bonchev–Trinajstić information content (AvgIpc) is 3.22. The SMILES string of the molecule is CCNC(=NCC(c1ccccc1)N1CCCC1)NCCN(C)CCOC. The number of aliphatic imine (C=N–C) groups is 1. The van der Waals surface area contributed by atoms with E-state index in [2.05, 4.69) is 64.7 Å². The molecule has 1 aromatic rings. The highest BCUT2D eigenvalue weighted by atomic mass is 16.5. The number of rotatable bonds is 11. The molecule has 0 radical (unpaired) electrons. The minimum atomic E-state index is 0.355. The van der Waals surface area contributed by atoms with Crippen molar-refractivity contribution in [1.82, 2.24) is 20.4 Å². The molecule has 6 nitrogen and oxygen atoms in total. The zero-order valence-electron chi connectivity index (χ0n) is 17.3. The van der Waals surface area contributed by atoms with Crippen molar-refractivity contribution < 1.29 is 4.74 Å². The fourth-order valence-electron chi connectivity index (χ4n) is 3.40. The molecule has 0 amide bonds. The van der Waals surface area contributed by atoms with Crippen molar-refractivity contribution in [1.29, 1.82) is 0 Å². The summed E-state index contributed by atoms with van der Waals surface area (Å²) in [6, 6.07) is 11.1. The Hall–Kier alpha value is -1.63. The molecule has 1 atom stereocenters. The van der Waals surface area contributed by atoms with E-state index in [1.54, 1.807) is 7.11 Å². The number of nitrogens with zero attached hydrogens (tertiary/aromatic N) is 3. The number of likely N-dealkylation sites (tertiary alicyclic amines) is 1. The van der Waals surface area contributed by atoms with Crippen molar-refractivity contribution in [3.8, 4) is 0 Å². The summed E-state index contributed by atoms with van der Waals surface area (Å²) in [6.45, 7) is 9.62. The quantitative estimate of drug-likeness (QED) is 0.457. The molecule has 1 fully saturated rings. The molecule has 1 saturated heterocycles. The Morgan fingerprint density at radius 3 is 2.59 bits per heavy atom. The maximum absolute atomic E-state index is 5.13. The molecule has 1 aliphatic rings. The van der Waals surface area contributed by atoms with Crippen LogP contribution in [-0.2, 0) is 4.74 Å². The van der Waals surface area contributed by atoms with Gasteiger partial charge in [-0.2, -0.15) is 0 Å². The van der Waals surface area contributed by atoms with Crippen LogP contribution in [-0.4, -0.2) is 82.3 Å². The van der Waals surface area contributed by atoms with E-state index in [4.69, 9.17) is 9.73 Å². The summed E-state index contributed by atoms with van der Waals surface area (Å²) >= 11 is 0. The molecule has 1 aliphatic heterocycles. The number of benzene rings is 1. The van der Waals surface area contributed by atoms with Gasteiger partial charge < -0.3 is 20.3 Å². The molecule has 0 spiro atoms. The first-order chi connectivity index (χ1) is 13.2. The number of likely N-dealkylation sites (N-methyl/N-ethyl adjacent to an activating group) is 1. The van der Waals surface area contributed by atoms with Crippen LogP contribution in [0, 0.1) is 0 Å². The van der Waals surface area contributed by atoms with Gasteiger partial charge in [0.25, 0.3) is 0 Å². The zero-order valence-corrected chi connectivity index (χ0v) is 17.3. The number of ether oxygens (including phenoxy) is 1. The van der Waals surface area contributed by atoms with E-state index < -0.39 is 0 Å². The Balaban J connectivity index is 1.93. The van der Waals surface area contributed by atoms with Gasteiger partial charge in [-0.25, -0.2) is 0 Å². The number of methoxy groups -OCH3 is 1. The van der Waals surface area contributed by atoms with Crippen molar-refractivity contribution in [3.63, 3.8) is 0 Å². The van der Waals surface area contributed by atoms with Gasteiger partial charge in [0.2, 0.25) is 0 Å². The van der Waals surface area contributed by atoms with Gasteiger partial charge in [-0.15, -0.1) is 0 Å². The van der Waals surface area contributed by atoms with E-state index in [9.17, 15) is 0 Å². The first-order valence-electron chi connectivity index (χ1n) is 10.2. The van der Waals surface area contributed by atoms with Gasteiger partial charge in [0.15, 0.2) is 5.96 Å². The van der Waals surface area contributed by atoms with Gasteiger partial charge >= 0.3 is 0 Å². The highest BCUT2D eigenvalue weighted by molar-refractivity contribution is 5.79. The Bertz CT molecular complexity index is 531. The number of hydrogen-bond acceptors (Lipinski definition) is 4. The van der Waals surface area contributed by atoms with Crippen LogP contribution in [0.4, 0.5) is 0 Å². The minimum absolute atomic E-state index is 0.355. The van der Waals surface area contributed by atoms with Gasteiger partial charge in [0.05, 0.1) is 19.2 Å². The average molecular weight is 376 g/mol.